The summed E-state index contributed by atoms with van der Waals surface area (Å²) >= 11 is 4.00. The fraction of sp³-hybridized carbons (Fsp3) is 0.167. The average molecular weight is 141 g/mol. The number of carbonyl (C=O) groups is 1. The van der Waals surface area contributed by atoms with Crippen molar-refractivity contribution in [1.29, 1.82) is 0 Å². The Morgan fingerprint density at radius 2 is 2.44 bits per heavy atom. The van der Waals surface area contributed by atoms with E-state index in [1.807, 2.05) is 0 Å². The van der Waals surface area contributed by atoms with Crippen molar-refractivity contribution >= 4 is 18.4 Å². The first kappa shape index (κ1) is 6.42. The Balaban J connectivity index is 2.74. The van der Waals surface area contributed by atoms with Crippen LogP contribution >= 0.6 is 12.6 Å². The van der Waals surface area contributed by atoms with Crippen molar-refractivity contribution in [1.82, 2.24) is 5.32 Å². The molecule has 0 unspecified atom stereocenters. The third-order valence-electron chi connectivity index (χ3n) is 0.957. The van der Waals surface area contributed by atoms with Crippen molar-refractivity contribution < 1.29 is 4.79 Å². The Morgan fingerprint density at radius 1 is 1.67 bits per heavy atom. The highest BCUT2D eigenvalue weighted by atomic mass is 32.1. The number of hydrogen-bond donors (Lipinski definition) is 2. The summed E-state index contributed by atoms with van der Waals surface area (Å²) < 4.78 is 0. The lowest BCUT2D eigenvalue weighted by molar-refractivity contribution is -0.113. The van der Waals surface area contributed by atoms with E-state index in [-0.39, 0.29) is 5.78 Å². The normalized spacial score (nSPS) is 18.3. The molecule has 2 nitrogen and oxygen atoms in total. The number of allylic oxidation sites excluding steroid dienone is 1. The lowest BCUT2D eigenvalue weighted by Crippen LogP contribution is -2.13. The zero-order valence-corrected chi connectivity index (χ0v) is 5.69. The van der Waals surface area contributed by atoms with Gasteiger partial charge in [0.15, 0.2) is 5.78 Å². The minimum atomic E-state index is 0.0602. The highest BCUT2D eigenvalue weighted by Crippen LogP contribution is 2.02. The van der Waals surface area contributed by atoms with Gasteiger partial charge in [-0.15, -0.1) is 12.6 Å². The summed E-state index contributed by atoms with van der Waals surface area (Å²) in [5, 5.41) is 2.80. The molecule has 1 N–H and O–H groups in total. The monoisotopic (exact) mass is 141 g/mol. The van der Waals surface area contributed by atoms with Crippen molar-refractivity contribution in [3.8, 4) is 0 Å². The maximum Gasteiger partial charge on any atom is 0.175 e. The van der Waals surface area contributed by atoms with Gasteiger partial charge in [0.25, 0.3) is 0 Å². The van der Waals surface area contributed by atoms with E-state index in [2.05, 4.69) is 17.9 Å². The first-order valence-corrected chi connectivity index (χ1v) is 3.07. The summed E-state index contributed by atoms with van der Waals surface area (Å²) in [4.78, 5) is 11.4. The first-order valence-electron chi connectivity index (χ1n) is 2.62. The number of thiol groups is 1. The van der Waals surface area contributed by atoms with Crippen LogP contribution in [0.4, 0.5) is 0 Å². The van der Waals surface area contributed by atoms with E-state index in [0.717, 1.165) is 0 Å². The molecular formula is C6H7NOS. The van der Waals surface area contributed by atoms with Crippen molar-refractivity contribution in [2.24, 2.45) is 0 Å². The summed E-state index contributed by atoms with van der Waals surface area (Å²) in [7, 11) is 0. The highest BCUT2D eigenvalue weighted by Gasteiger charge is 1.98. The minimum absolute atomic E-state index is 0.0602. The molecule has 9 heavy (non-hydrogen) atoms. The van der Waals surface area contributed by atoms with Gasteiger partial charge in [-0.1, -0.05) is 0 Å². The number of carbonyl (C=O) groups excluding carboxylic acids is 1. The summed E-state index contributed by atoms with van der Waals surface area (Å²) in [6, 6.07) is 0. The molecule has 0 atom stereocenters. The summed E-state index contributed by atoms with van der Waals surface area (Å²) in [5.41, 5.74) is 0. The second-order valence-electron chi connectivity index (χ2n) is 1.75. The standard InChI is InChI=1S/C6H7NOS/c8-5-3-6(9)1-2-7-4-5/h1-3,7,9H,4H2. The van der Waals surface area contributed by atoms with Gasteiger partial charge < -0.3 is 5.32 Å². The van der Waals surface area contributed by atoms with Gasteiger partial charge in [-0.05, 0) is 18.4 Å². The molecule has 0 fully saturated rings. The molecule has 0 saturated heterocycles. The van der Waals surface area contributed by atoms with E-state index >= 15 is 0 Å². The summed E-state index contributed by atoms with van der Waals surface area (Å²) in [5.74, 6) is 0.0602. The quantitative estimate of drug-likeness (QED) is 0.481. The number of ketones is 1. The van der Waals surface area contributed by atoms with Gasteiger partial charge in [-0.2, -0.15) is 0 Å². The molecule has 0 bridgehead atoms. The maximum absolute atomic E-state index is 10.7. The predicted molar refractivity (Wildman–Crippen MR) is 39.2 cm³/mol. The molecule has 0 aliphatic carbocycles. The molecule has 0 aromatic heterocycles. The first-order chi connectivity index (χ1) is 4.29. The van der Waals surface area contributed by atoms with Gasteiger partial charge in [0.2, 0.25) is 0 Å². The van der Waals surface area contributed by atoms with Crippen molar-refractivity contribution in [3.05, 3.63) is 23.3 Å². The molecule has 0 aromatic rings. The van der Waals surface area contributed by atoms with Crippen LogP contribution in [0.2, 0.25) is 0 Å². The van der Waals surface area contributed by atoms with Crippen LogP contribution < -0.4 is 5.32 Å². The second-order valence-corrected chi connectivity index (χ2v) is 2.27. The molecular weight excluding hydrogens is 134 g/mol. The Kier molecular flexibility index (Phi) is 1.95. The van der Waals surface area contributed by atoms with Crippen LogP contribution in [-0.4, -0.2) is 12.3 Å². The van der Waals surface area contributed by atoms with Gasteiger partial charge in [0.1, 0.15) is 0 Å². The van der Waals surface area contributed by atoms with E-state index in [0.29, 0.717) is 11.4 Å². The van der Waals surface area contributed by atoms with E-state index in [1.54, 1.807) is 12.3 Å². The Hall–Kier alpha value is -0.700. The molecule has 1 heterocycles. The fourth-order valence-corrected chi connectivity index (χ4v) is 0.786. The summed E-state index contributed by atoms with van der Waals surface area (Å²) in [6.45, 7) is 0.376. The van der Waals surface area contributed by atoms with Gasteiger partial charge in [-0.25, -0.2) is 0 Å². The zero-order chi connectivity index (χ0) is 6.69. The van der Waals surface area contributed by atoms with Crippen LogP contribution in [0, 0.1) is 0 Å². The molecule has 0 radical (unpaired) electrons. The molecule has 0 spiro atoms. The second kappa shape index (κ2) is 2.73. The Morgan fingerprint density at radius 3 is 3.22 bits per heavy atom. The fourth-order valence-electron chi connectivity index (χ4n) is 0.568. The highest BCUT2D eigenvalue weighted by molar-refractivity contribution is 7.84. The number of hydrogen-bond acceptors (Lipinski definition) is 3. The molecule has 1 rings (SSSR count). The topological polar surface area (TPSA) is 29.1 Å². The van der Waals surface area contributed by atoms with Crippen molar-refractivity contribution in [2.75, 3.05) is 6.54 Å². The van der Waals surface area contributed by atoms with Crippen LogP contribution in [0.25, 0.3) is 0 Å². The maximum atomic E-state index is 10.7. The van der Waals surface area contributed by atoms with Gasteiger partial charge in [-0.3, -0.25) is 4.79 Å². The molecule has 0 aromatic carbocycles. The predicted octanol–water partition coefficient (Wildman–Crippen LogP) is 0.486. The molecule has 48 valence electrons. The van der Waals surface area contributed by atoms with Crippen LogP contribution in [-0.2, 0) is 4.79 Å². The smallest absolute Gasteiger partial charge is 0.175 e. The van der Waals surface area contributed by atoms with Crippen LogP contribution in [0.1, 0.15) is 0 Å². The lowest BCUT2D eigenvalue weighted by atomic mass is 10.3. The van der Waals surface area contributed by atoms with Crippen molar-refractivity contribution in [3.63, 3.8) is 0 Å². The molecule has 1 aliphatic rings. The van der Waals surface area contributed by atoms with Gasteiger partial charge >= 0.3 is 0 Å². The average Bonchev–Trinajstić information content (AvgIpc) is 1.93. The third kappa shape index (κ3) is 1.93. The van der Waals surface area contributed by atoms with Crippen LogP contribution in [0.3, 0.4) is 0 Å². The minimum Gasteiger partial charge on any atom is -0.383 e. The van der Waals surface area contributed by atoms with Gasteiger partial charge in [0, 0.05) is 4.91 Å². The molecule has 0 amide bonds. The molecule has 0 saturated carbocycles. The molecule has 1 aliphatic heterocycles. The van der Waals surface area contributed by atoms with E-state index in [9.17, 15) is 4.79 Å². The summed E-state index contributed by atoms with van der Waals surface area (Å²) in [6.07, 6.45) is 4.96. The van der Waals surface area contributed by atoms with E-state index in [1.165, 1.54) is 6.08 Å². The van der Waals surface area contributed by atoms with Gasteiger partial charge in [0.05, 0.1) is 6.54 Å². The van der Waals surface area contributed by atoms with Crippen LogP contribution in [0.5, 0.6) is 0 Å². The largest absolute Gasteiger partial charge is 0.383 e. The lowest BCUT2D eigenvalue weighted by Gasteiger charge is -1.88. The number of rotatable bonds is 0. The third-order valence-corrected chi connectivity index (χ3v) is 1.24. The van der Waals surface area contributed by atoms with E-state index in [4.69, 9.17) is 0 Å². The number of nitrogens with one attached hydrogen (secondary N) is 1. The molecule has 3 heteroatoms. The van der Waals surface area contributed by atoms with Crippen molar-refractivity contribution in [2.45, 2.75) is 0 Å². The SMILES string of the molecule is O=C1C=C(S)C=CNC1. The zero-order valence-electron chi connectivity index (χ0n) is 4.79. The van der Waals surface area contributed by atoms with E-state index < -0.39 is 0 Å². The Labute approximate surface area is 59.0 Å². The van der Waals surface area contributed by atoms with Crippen LogP contribution in [0.15, 0.2) is 23.3 Å². The Bertz CT molecular complexity index is 183.